The van der Waals surface area contributed by atoms with Crippen molar-refractivity contribution in [2.75, 3.05) is 11.1 Å². The summed E-state index contributed by atoms with van der Waals surface area (Å²) in [6, 6.07) is 5.64. The lowest BCUT2D eigenvalue weighted by Gasteiger charge is -2.07. The van der Waals surface area contributed by atoms with Crippen molar-refractivity contribution in [3.63, 3.8) is 0 Å². The summed E-state index contributed by atoms with van der Waals surface area (Å²) in [5, 5.41) is 14.0. The van der Waals surface area contributed by atoms with Gasteiger partial charge in [0.05, 0.1) is 5.75 Å². The first-order valence-corrected chi connectivity index (χ1v) is 10.4. The van der Waals surface area contributed by atoms with E-state index < -0.39 is 0 Å². The third-order valence-electron chi connectivity index (χ3n) is 3.34. The second-order valence-electron chi connectivity index (χ2n) is 5.35. The van der Waals surface area contributed by atoms with Crippen LogP contribution in [0.5, 0.6) is 0 Å². The van der Waals surface area contributed by atoms with Crippen molar-refractivity contribution < 1.29 is 4.79 Å². The van der Waals surface area contributed by atoms with Gasteiger partial charge in [0.25, 0.3) is 0 Å². The van der Waals surface area contributed by atoms with Crippen LogP contribution in [-0.2, 0) is 11.3 Å². The molecule has 3 rings (SSSR count). The van der Waals surface area contributed by atoms with Gasteiger partial charge in [-0.15, -0.1) is 28.1 Å². The van der Waals surface area contributed by atoms with Crippen molar-refractivity contribution in [2.45, 2.75) is 18.6 Å². The Hall–Kier alpha value is -1.97. The molecule has 0 saturated carbocycles. The Morgan fingerprint density at radius 2 is 2.31 bits per heavy atom. The highest BCUT2D eigenvalue weighted by Gasteiger charge is 2.16. The lowest BCUT2D eigenvalue weighted by Crippen LogP contribution is -2.15. The van der Waals surface area contributed by atoms with E-state index in [9.17, 15) is 4.79 Å². The van der Waals surface area contributed by atoms with E-state index in [0.29, 0.717) is 17.5 Å². The van der Waals surface area contributed by atoms with Crippen molar-refractivity contribution in [2.24, 2.45) is 0 Å². The van der Waals surface area contributed by atoms with Crippen LogP contribution in [0.25, 0.3) is 11.4 Å². The number of allylic oxidation sites excluding steroid dienone is 1. The molecule has 0 aliphatic rings. The van der Waals surface area contributed by atoms with Crippen LogP contribution in [-0.4, -0.2) is 31.4 Å². The van der Waals surface area contributed by atoms with Crippen LogP contribution in [0, 0.1) is 6.92 Å². The Balaban J connectivity index is 1.69. The molecule has 6 nitrogen and oxygen atoms in total. The molecule has 0 radical (unpaired) electrons. The predicted octanol–water partition coefficient (Wildman–Crippen LogP) is 4.39. The zero-order chi connectivity index (χ0) is 18.5. The van der Waals surface area contributed by atoms with Crippen LogP contribution in [0.4, 0.5) is 5.82 Å². The quantitative estimate of drug-likeness (QED) is 0.427. The lowest BCUT2D eigenvalue weighted by atomic mass is 10.3. The van der Waals surface area contributed by atoms with Crippen LogP contribution in [0.15, 0.2) is 52.1 Å². The molecule has 3 aromatic heterocycles. The number of hydrogen-bond donors (Lipinski definition) is 1. The van der Waals surface area contributed by atoms with Gasteiger partial charge in [-0.05, 0) is 41.1 Å². The molecule has 26 heavy (non-hydrogen) atoms. The summed E-state index contributed by atoms with van der Waals surface area (Å²) in [7, 11) is 0. The molecule has 0 bridgehead atoms. The average Bonchev–Trinajstić information content (AvgIpc) is 3.22. The maximum Gasteiger partial charge on any atom is 0.236 e. The van der Waals surface area contributed by atoms with Gasteiger partial charge in [-0.3, -0.25) is 9.36 Å². The fourth-order valence-electron chi connectivity index (χ4n) is 2.22. The molecular formula is C17H16BrN5OS2. The molecule has 134 valence electrons. The van der Waals surface area contributed by atoms with Gasteiger partial charge >= 0.3 is 0 Å². The van der Waals surface area contributed by atoms with Crippen LogP contribution >= 0.6 is 39.0 Å². The standard InChI is InChI=1S/C17H16BrN5OS2/c1-3-6-23-16(12-7-11(2)25-9-12)21-22-17(23)26-10-15(24)20-14-5-4-13(18)8-19-14/h3-5,7-9H,1,6,10H2,2H3,(H,19,20,24). The molecule has 0 saturated heterocycles. The first-order valence-electron chi connectivity index (χ1n) is 7.70. The average molecular weight is 450 g/mol. The van der Waals surface area contributed by atoms with Crippen molar-refractivity contribution >= 4 is 50.8 Å². The van der Waals surface area contributed by atoms with E-state index in [4.69, 9.17) is 0 Å². The summed E-state index contributed by atoms with van der Waals surface area (Å²) in [4.78, 5) is 17.5. The van der Waals surface area contributed by atoms with E-state index in [-0.39, 0.29) is 11.7 Å². The summed E-state index contributed by atoms with van der Waals surface area (Å²) >= 11 is 6.32. The molecule has 0 aliphatic carbocycles. The zero-order valence-electron chi connectivity index (χ0n) is 14.0. The predicted molar refractivity (Wildman–Crippen MR) is 110 cm³/mol. The van der Waals surface area contributed by atoms with Gasteiger partial charge in [-0.1, -0.05) is 17.8 Å². The van der Waals surface area contributed by atoms with Crippen LogP contribution in [0.1, 0.15) is 4.88 Å². The minimum atomic E-state index is -0.147. The van der Waals surface area contributed by atoms with Gasteiger partial charge in [0.15, 0.2) is 11.0 Å². The third kappa shape index (κ3) is 4.60. The van der Waals surface area contributed by atoms with Crippen molar-refractivity contribution in [3.8, 4) is 11.4 Å². The van der Waals surface area contributed by atoms with Crippen LogP contribution in [0.2, 0.25) is 0 Å². The molecule has 9 heteroatoms. The normalized spacial score (nSPS) is 10.7. The van der Waals surface area contributed by atoms with E-state index in [2.05, 4.69) is 61.4 Å². The van der Waals surface area contributed by atoms with Crippen molar-refractivity contribution in [1.82, 2.24) is 19.7 Å². The summed E-state index contributed by atoms with van der Waals surface area (Å²) in [5.74, 6) is 1.37. The fourth-order valence-corrected chi connectivity index (χ4v) is 3.89. The minimum Gasteiger partial charge on any atom is -0.310 e. The summed E-state index contributed by atoms with van der Waals surface area (Å²) in [5.41, 5.74) is 1.03. The van der Waals surface area contributed by atoms with Gasteiger partial charge in [-0.25, -0.2) is 4.98 Å². The largest absolute Gasteiger partial charge is 0.310 e. The van der Waals surface area contributed by atoms with E-state index in [1.54, 1.807) is 29.7 Å². The topological polar surface area (TPSA) is 72.7 Å². The molecule has 3 heterocycles. The summed E-state index contributed by atoms with van der Waals surface area (Å²) in [6.45, 7) is 6.43. The van der Waals surface area contributed by atoms with E-state index in [1.807, 2.05) is 10.6 Å². The van der Waals surface area contributed by atoms with Crippen LogP contribution < -0.4 is 5.32 Å². The Bertz CT molecular complexity index is 920. The Labute approximate surface area is 167 Å². The molecule has 0 unspecified atom stereocenters. The number of thiophene rings is 1. The number of nitrogens with one attached hydrogen (secondary N) is 1. The molecular weight excluding hydrogens is 434 g/mol. The van der Waals surface area contributed by atoms with E-state index in [1.165, 1.54) is 16.6 Å². The molecule has 1 amide bonds. The second-order valence-corrected chi connectivity index (χ2v) is 8.32. The summed E-state index contributed by atoms with van der Waals surface area (Å²) < 4.78 is 2.82. The SMILES string of the molecule is C=CCn1c(SCC(=O)Nc2ccc(Br)cn2)nnc1-c1csc(C)c1. The van der Waals surface area contributed by atoms with Gasteiger partial charge in [-0.2, -0.15) is 0 Å². The van der Waals surface area contributed by atoms with Crippen LogP contribution in [0.3, 0.4) is 0 Å². The monoisotopic (exact) mass is 449 g/mol. The Kier molecular flexibility index (Phi) is 6.23. The van der Waals surface area contributed by atoms with Gasteiger partial charge < -0.3 is 5.32 Å². The number of aromatic nitrogens is 4. The Morgan fingerprint density at radius 1 is 1.46 bits per heavy atom. The highest BCUT2D eigenvalue weighted by atomic mass is 79.9. The van der Waals surface area contributed by atoms with E-state index in [0.717, 1.165) is 15.9 Å². The summed E-state index contributed by atoms with van der Waals surface area (Å²) in [6.07, 6.45) is 3.43. The number of thioether (sulfide) groups is 1. The molecule has 3 aromatic rings. The molecule has 0 fully saturated rings. The molecule has 1 N–H and O–H groups in total. The number of carbonyl (C=O) groups excluding carboxylic acids is 1. The third-order valence-corrected chi connectivity index (χ3v) is 5.64. The number of nitrogens with zero attached hydrogens (tertiary/aromatic N) is 4. The highest BCUT2D eigenvalue weighted by molar-refractivity contribution is 9.10. The maximum absolute atomic E-state index is 12.2. The number of pyridine rings is 1. The lowest BCUT2D eigenvalue weighted by molar-refractivity contribution is -0.113. The number of amides is 1. The minimum absolute atomic E-state index is 0.147. The number of rotatable bonds is 7. The smallest absolute Gasteiger partial charge is 0.236 e. The maximum atomic E-state index is 12.2. The van der Waals surface area contributed by atoms with Gasteiger partial charge in [0, 0.05) is 33.0 Å². The first kappa shape index (κ1) is 18.8. The van der Waals surface area contributed by atoms with E-state index >= 15 is 0 Å². The highest BCUT2D eigenvalue weighted by Crippen LogP contribution is 2.27. The van der Waals surface area contributed by atoms with Crippen molar-refractivity contribution in [3.05, 3.63) is 51.8 Å². The van der Waals surface area contributed by atoms with Crippen molar-refractivity contribution in [1.29, 1.82) is 0 Å². The van der Waals surface area contributed by atoms with Gasteiger partial charge in [0.1, 0.15) is 5.82 Å². The molecule has 0 atom stereocenters. The zero-order valence-corrected chi connectivity index (χ0v) is 17.2. The number of halogens is 1. The molecule has 0 spiro atoms. The number of hydrogen-bond acceptors (Lipinski definition) is 6. The second kappa shape index (κ2) is 8.61. The fraction of sp³-hybridized carbons (Fsp3) is 0.176. The number of aryl methyl sites for hydroxylation is 1. The number of anilines is 1. The molecule has 0 aromatic carbocycles. The Morgan fingerprint density at radius 3 is 2.96 bits per heavy atom. The first-order chi connectivity index (χ1) is 12.6. The molecule has 0 aliphatic heterocycles. The van der Waals surface area contributed by atoms with Gasteiger partial charge in [0.2, 0.25) is 5.91 Å². The number of carbonyl (C=O) groups is 1.